The van der Waals surface area contributed by atoms with Crippen LogP contribution in [0.25, 0.3) is 10.9 Å². The normalized spacial score (nSPS) is 19.3. The van der Waals surface area contributed by atoms with E-state index in [2.05, 4.69) is 20.6 Å². The van der Waals surface area contributed by atoms with Gasteiger partial charge in [0.05, 0.1) is 16.1 Å². The fourth-order valence-corrected chi connectivity index (χ4v) is 3.62. The highest BCUT2D eigenvalue weighted by Gasteiger charge is 2.29. The van der Waals surface area contributed by atoms with Gasteiger partial charge in [-0.2, -0.15) is 0 Å². The van der Waals surface area contributed by atoms with E-state index < -0.39 is 11.7 Å². The number of benzene rings is 2. The van der Waals surface area contributed by atoms with Gasteiger partial charge in [0, 0.05) is 30.4 Å². The number of nitrogens with one attached hydrogen (secondary N) is 2. The topological polar surface area (TPSA) is 92.9 Å². The maximum Gasteiger partial charge on any atom is 0.250 e. The minimum absolute atomic E-state index is 0.0130. The quantitative estimate of drug-likeness (QED) is 0.642. The molecule has 0 unspecified atom stereocenters. The standard InChI is InChI=1S/C19H17ClFN5O/c20-14-5-4-10(6-15(14)21)13-7-23-8-16(13)26-19-12-3-1-2-11(18(22)27)17(12)24-9-25-19/h1-6,9,13,16,23H,7-8H2,(H2,22,27)(H,24,25,26)/t13-,16+/m1/s1. The molecule has 0 radical (unpaired) electrons. The molecule has 8 heteroatoms. The zero-order valence-corrected chi connectivity index (χ0v) is 15.0. The zero-order valence-electron chi connectivity index (χ0n) is 14.2. The molecule has 1 fully saturated rings. The predicted octanol–water partition coefficient (Wildman–Crippen LogP) is 2.69. The summed E-state index contributed by atoms with van der Waals surface area (Å²) < 4.78 is 13.9. The van der Waals surface area contributed by atoms with E-state index in [0.29, 0.717) is 35.4 Å². The van der Waals surface area contributed by atoms with E-state index in [1.54, 1.807) is 18.2 Å². The first-order valence-corrected chi connectivity index (χ1v) is 8.88. The molecule has 0 bridgehead atoms. The van der Waals surface area contributed by atoms with Gasteiger partial charge >= 0.3 is 0 Å². The van der Waals surface area contributed by atoms with Crippen molar-refractivity contribution in [3.8, 4) is 0 Å². The second-order valence-electron chi connectivity index (χ2n) is 6.48. The minimum atomic E-state index is -0.540. The van der Waals surface area contributed by atoms with E-state index in [9.17, 15) is 9.18 Å². The third-order valence-electron chi connectivity index (χ3n) is 4.84. The summed E-state index contributed by atoms with van der Waals surface area (Å²) in [6.07, 6.45) is 1.40. The number of nitrogens with two attached hydrogens (primary N) is 1. The molecule has 1 saturated heterocycles. The SMILES string of the molecule is NC(=O)c1cccc2c(N[C@H]3CNC[C@@H]3c3ccc(Cl)c(F)c3)ncnc12. The number of carbonyl (C=O) groups is 1. The van der Waals surface area contributed by atoms with Crippen molar-refractivity contribution in [3.63, 3.8) is 0 Å². The first-order valence-electron chi connectivity index (χ1n) is 8.50. The predicted molar refractivity (Wildman–Crippen MR) is 102 cm³/mol. The highest BCUT2D eigenvalue weighted by atomic mass is 35.5. The lowest BCUT2D eigenvalue weighted by atomic mass is 9.94. The molecule has 1 aliphatic heterocycles. The second-order valence-corrected chi connectivity index (χ2v) is 6.88. The Morgan fingerprint density at radius 1 is 1.26 bits per heavy atom. The Bertz CT molecular complexity index is 1030. The van der Waals surface area contributed by atoms with Gasteiger partial charge in [0.15, 0.2) is 0 Å². The van der Waals surface area contributed by atoms with Crippen LogP contribution in [0, 0.1) is 5.82 Å². The van der Waals surface area contributed by atoms with Crippen molar-refractivity contribution in [3.05, 3.63) is 64.7 Å². The molecule has 4 rings (SSSR count). The Kier molecular flexibility index (Phi) is 4.63. The number of halogens is 2. The van der Waals surface area contributed by atoms with Gasteiger partial charge < -0.3 is 16.4 Å². The van der Waals surface area contributed by atoms with Crippen LogP contribution in [-0.2, 0) is 0 Å². The fourth-order valence-electron chi connectivity index (χ4n) is 3.50. The van der Waals surface area contributed by atoms with Gasteiger partial charge in [0.2, 0.25) is 0 Å². The number of aromatic nitrogens is 2. The first kappa shape index (κ1) is 17.6. The van der Waals surface area contributed by atoms with Gasteiger partial charge in [-0.15, -0.1) is 0 Å². The molecule has 1 aromatic heterocycles. The number of hydrogen-bond acceptors (Lipinski definition) is 5. The summed E-state index contributed by atoms with van der Waals surface area (Å²) in [7, 11) is 0. The van der Waals surface area contributed by atoms with Crippen molar-refractivity contribution in [2.75, 3.05) is 18.4 Å². The molecular formula is C19H17ClFN5O. The van der Waals surface area contributed by atoms with Gasteiger partial charge in [0.25, 0.3) is 5.91 Å². The number of anilines is 1. The van der Waals surface area contributed by atoms with Crippen molar-refractivity contribution in [2.45, 2.75) is 12.0 Å². The van der Waals surface area contributed by atoms with E-state index in [4.69, 9.17) is 17.3 Å². The van der Waals surface area contributed by atoms with Gasteiger partial charge in [-0.25, -0.2) is 14.4 Å². The highest BCUT2D eigenvalue weighted by molar-refractivity contribution is 6.30. The lowest BCUT2D eigenvalue weighted by molar-refractivity contribution is 0.100. The molecule has 0 saturated carbocycles. The molecule has 2 heterocycles. The maximum atomic E-state index is 13.9. The number of rotatable bonds is 4. The first-order chi connectivity index (χ1) is 13.0. The monoisotopic (exact) mass is 385 g/mol. The van der Waals surface area contributed by atoms with Crippen LogP contribution < -0.4 is 16.4 Å². The Balaban J connectivity index is 1.68. The summed E-state index contributed by atoms with van der Waals surface area (Å²) in [6.45, 7) is 1.39. The smallest absolute Gasteiger partial charge is 0.250 e. The summed E-state index contributed by atoms with van der Waals surface area (Å²) >= 11 is 5.80. The van der Waals surface area contributed by atoms with Gasteiger partial charge in [-0.1, -0.05) is 23.7 Å². The van der Waals surface area contributed by atoms with E-state index in [1.165, 1.54) is 12.4 Å². The Morgan fingerprint density at radius 3 is 2.89 bits per heavy atom. The molecule has 1 aliphatic rings. The number of fused-ring (bicyclic) bond motifs is 1. The summed E-state index contributed by atoms with van der Waals surface area (Å²) in [4.78, 5) is 20.2. The molecule has 3 aromatic rings. The van der Waals surface area contributed by atoms with Gasteiger partial charge in [0.1, 0.15) is 18.0 Å². The van der Waals surface area contributed by atoms with Crippen LogP contribution in [0.3, 0.4) is 0 Å². The third-order valence-corrected chi connectivity index (χ3v) is 5.14. The maximum absolute atomic E-state index is 13.9. The summed E-state index contributed by atoms with van der Waals surface area (Å²) in [5.74, 6) is -0.321. The number of para-hydroxylation sites is 1. The van der Waals surface area contributed by atoms with Crippen molar-refractivity contribution < 1.29 is 9.18 Å². The average Bonchev–Trinajstić information content (AvgIpc) is 3.12. The van der Waals surface area contributed by atoms with Crippen molar-refractivity contribution in [1.29, 1.82) is 0 Å². The average molecular weight is 386 g/mol. The molecule has 0 spiro atoms. The zero-order chi connectivity index (χ0) is 19.0. The Hall–Kier alpha value is -2.77. The molecular weight excluding hydrogens is 369 g/mol. The van der Waals surface area contributed by atoms with E-state index in [1.807, 2.05) is 12.1 Å². The van der Waals surface area contributed by atoms with Crippen LogP contribution in [0.1, 0.15) is 21.8 Å². The summed E-state index contributed by atoms with van der Waals surface area (Å²) in [5, 5.41) is 7.55. The fraction of sp³-hybridized carbons (Fsp3) is 0.211. The number of carbonyl (C=O) groups excluding carboxylic acids is 1. The van der Waals surface area contributed by atoms with Crippen LogP contribution in [0.5, 0.6) is 0 Å². The number of nitrogens with zero attached hydrogens (tertiary/aromatic N) is 2. The van der Waals surface area contributed by atoms with E-state index in [-0.39, 0.29) is 17.0 Å². The molecule has 27 heavy (non-hydrogen) atoms. The molecule has 2 atom stereocenters. The molecule has 0 aliphatic carbocycles. The molecule has 2 aromatic carbocycles. The summed E-state index contributed by atoms with van der Waals surface area (Å²) in [5.41, 5.74) is 7.15. The van der Waals surface area contributed by atoms with Crippen LogP contribution in [-0.4, -0.2) is 35.0 Å². The lowest BCUT2D eigenvalue weighted by Crippen LogP contribution is -2.28. The van der Waals surface area contributed by atoms with Crippen LogP contribution >= 0.6 is 11.6 Å². The third kappa shape index (κ3) is 3.31. The molecule has 4 N–H and O–H groups in total. The van der Waals surface area contributed by atoms with Crippen LogP contribution in [0.15, 0.2) is 42.7 Å². The minimum Gasteiger partial charge on any atom is -0.366 e. The number of primary amides is 1. The number of amides is 1. The van der Waals surface area contributed by atoms with Crippen LogP contribution in [0.2, 0.25) is 5.02 Å². The molecule has 6 nitrogen and oxygen atoms in total. The summed E-state index contributed by atoms with van der Waals surface area (Å²) in [6, 6.07) is 10.1. The van der Waals surface area contributed by atoms with E-state index >= 15 is 0 Å². The Morgan fingerprint density at radius 2 is 2.11 bits per heavy atom. The van der Waals surface area contributed by atoms with E-state index in [0.717, 1.165) is 5.56 Å². The van der Waals surface area contributed by atoms with Crippen molar-refractivity contribution >= 4 is 34.2 Å². The number of hydrogen-bond donors (Lipinski definition) is 3. The van der Waals surface area contributed by atoms with Crippen LogP contribution in [0.4, 0.5) is 10.2 Å². The lowest BCUT2D eigenvalue weighted by Gasteiger charge is -2.22. The molecule has 1 amide bonds. The Labute approximate surface area is 159 Å². The molecule has 138 valence electrons. The van der Waals surface area contributed by atoms with Crippen molar-refractivity contribution in [2.24, 2.45) is 5.73 Å². The van der Waals surface area contributed by atoms with Gasteiger partial charge in [-0.3, -0.25) is 4.79 Å². The second kappa shape index (κ2) is 7.09. The largest absolute Gasteiger partial charge is 0.366 e. The highest BCUT2D eigenvalue weighted by Crippen LogP contribution is 2.30. The van der Waals surface area contributed by atoms with Gasteiger partial charge in [-0.05, 0) is 29.8 Å². The van der Waals surface area contributed by atoms with Crippen molar-refractivity contribution in [1.82, 2.24) is 15.3 Å².